The van der Waals surface area contributed by atoms with Crippen LogP contribution in [0.3, 0.4) is 0 Å². The normalized spacial score (nSPS) is 14.1. The fourth-order valence-electron chi connectivity index (χ4n) is 1.53. The first kappa shape index (κ1) is 13.7. The highest BCUT2D eigenvalue weighted by molar-refractivity contribution is 5.82. The molecule has 0 bridgehead atoms. The second-order valence-corrected chi connectivity index (χ2v) is 4.17. The molecule has 2 atom stereocenters. The molecular formula is C13H20N2O2. The van der Waals surface area contributed by atoms with Crippen LogP contribution in [0.2, 0.25) is 0 Å². The van der Waals surface area contributed by atoms with E-state index in [2.05, 4.69) is 5.32 Å². The zero-order valence-corrected chi connectivity index (χ0v) is 10.1. The van der Waals surface area contributed by atoms with Gasteiger partial charge in [-0.2, -0.15) is 0 Å². The first-order valence-electron chi connectivity index (χ1n) is 5.87. The van der Waals surface area contributed by atoms with Crippen molar-refractivity contribution in [2.45, 2.75) is 31.9 Å². The van der Waals surface area contributed by atoms with Gasteiger partial charge in [-0.05, 0) is 25.3 Å². The molecule has 17 heavy (non-hydrogen) atoms. The smallest absolute Gasteiger partial charge is 0.241 e. The highest BCUT2D eigenvalue weighted by Gasteiger charge is 2.14. The molecule has 1 aromatic rings. The predicted octanol–water partition coefficient (Wildman–Crippen LogP) is 0.964. The Hall–Kier alpha value is -1.39. The lowest BCUT2D eigenvalue weighted by atomic mass is 10.1. The minimum absolute atomic E-state index is 0.179. The largest absolute Gasteiger partial charge is 0.393 e. The van der Waals surface area contributed by atoms with Crippen LogP contribution in [0.5, 0.6) is 0 Å². The summed E-state index contributed by atoms with van der Waals surface area (Å²) in [5.41, 5.74) is 6.63. The number of hydrogen-bond acceptors (Lipinski definition) is 3. The summed E-state index contributed by atoms with van der Waals surface area (Å²) in [4.78, 5) is 11.7. The minimum Gasteiger partial charge on any atom is -0.393 e. The number of nitrogens with one attached hydrogen (secondary N) is 1. The molecule has 0 aliphatic carbocycles. The SMILES string of the molecule is CC(O)CCCNC(=O)[C@H](N)c1ccccc1. The van der Waals surface area contributed by atoms with Gasteiger partial charge in [-0.15, -0.1) is 0 Å². The fraction of sp³-hybridized carbons (Fsp3) is 0.462. The van der Waals surface area contributed by atoms with Crippen LogP contribution in [0.25, 0.3) is 0 Å². The van der Waals surface area contributed by atoms with E-state index in [1.165, 1.54) is 0 Å². The number of aliphatic hydroxyl groups excluding tert-OH is 1. The molecule has 4 heteroatoms. The van der Waals surface area contributed by atoms with E-state index in [-0.39, 0.29) is 12.0 Å². The van der Waals surface area contributed by atoms with Crippen LogP contribution >= 0.6 is 0 Å². The van der Waals surface area contributed by atoms with Gasteiger partial charge in [-0.25, -0.2) is 0 Å². The minimum atomic E-state index is -0.622. The topological polar surface area (TPSA) is 75.3 Å². The molecule has 1 rings (SSSR count). The summed E-state index contributed by atoms with van der Waals surface area (Å²) in [5, 5.41) is 11.8. The molecule has 0 aromatic heterocycles. The molecule has 0 spiro atoms. The van der Waals surface area contributed by atoms with Crippen molar-refractivity contribution in [3.8, 4) is 0 Å². The Morgan fingerprint density at radius 1 is 1.41 bits per heavy atom. The molecule has 0 aliphatic heterocycles. The van der Waals surface area contributed by atoms with Crippen molar-refractivity contribution in [2.24, 2.45) is 5.73 Å². The quantitative estimate of drug-likeness (QED) is 0.644. The van der Waals surface area contributed by atoms with E-state index in [1.54, 1.807) is 6.92 Å². The van der Waals surface area contributed by atoms with Crippen molar-refractivity contribution >= 4 is 5.91 Å². The molecule has 1 aromatic carbocycles. The first-order chi connectivity index (χ1) is 8.11. The molecule has 0 radical (unpaired) electrons. The molecule has 0 fully saturated rings. The fourth-order valence-corrected chi connectivity index (χ4v) is 1.53. The van der Waals surface area contributed by atoms with Crippen LogP contribution in [0.1, 0.15) is 31.4 Å². The van der Waals surface area contributed by atoms with Gasteiger partial charge in [0.2, 0.25) is 5.91 Å². The summed E-state index contributed by atoms with van der Waals surface area (Å²) in [6.07, 6.45) is 1.11. The molecule has 94 valence electrons. The lowest BCUT2D eigenvalue weighted by Crippen LogP contribution is -2.34. The first-order valence-corrected chi connectivity index (χ1v) is 5.87. The average molecular weight is 236 g/mol. The summed E-state index contributed by atoms with van der Waals surface area (Å²) in [6, 6.07) is 8.64. The van der Waals surface area contributed by atoms with Crippen LogP contribution in [0, 0.1) is 0 Å². The lowest BCUT2D eigenvalue weighted by molar-refractivity contribution is -0.122. The van der Waals surface area contributed by atoms with Crippen LogP contribution in [0.15, 0.2) is 30.3 Å². The Balaban J connectivity index is 2.33. The van der Waals surface area contributed by atoms with Gasteiger partial charge in [0.1, 0.15) is 6.04 Å². The van der Waals surface area contributed by atoms with E-state index in [0.717, 1.165) is 12.0 Å². The van der Waals surface area contributed by atoms with E-state index in [4.69, 9.17) is 10.8 Å². The predicted molar refractivity (Wildman–Crippen MR) is 67.3 cm³/mol. The van der Waals surface area contributed by atoms with Crippen LogP contribution in [-0.2, 0) is 4.79 Å². The van der Waals surface area contributed by atoms with Gasteiger partial charge in [0.05, 0.1) is 6.10 Å². The van der Waals surface area contributed by atoms with Crippen molar-refractivity contribution in [3.63, 3.8) is 0 Å². The average Bonchev–Trinajstić information content (AvgIpc) is 2.34. The molecule has 4 N–H and O–H groups in total. The number of nitrogens with two attached hydrogens (primary N) is 1. The number of benzene rings is 1. The van der Waals surface area contributed by atoms with Gasteiger partial charge < -0.3 is 16.2 Å². The number of rotatable bonds is 6. The summed E-state index contributed by atoms with van der Waals surface area (Å²) in [7, 11) is 0. The van der Waals surface area contributed by atoms with E-state index in [1.807, 2.05) is 30.3 Å². The zero-order valence-electron chi connectivity index (χ0n) is 10.1. The number of carbonyl (C=O) groups is 1. The summed E-state index contributed by atoms with van der Waals surface area (Å²) in [5.74, 6) is -0.179. The third-order valence-corrected chi connectivity index (χ3v) is 2.54. The summed E-state index contributed by atoms with van der Waals surface area (Å²) < 4.78 is 0. The Bertz CT molecular complexity index is 339. The highest BCUT2D eigenvalue weighted by Crippen LogP contribution is 2.09. The zero-order chi connectivity index (χ0) is 12.7. The van der Waals surface area contributed by atoms with E-state index in [9.17, 15) is 4.79 Å². The third-order valence-electron chi connectivity index (χ3n) is 2.54. The van der Waals surface area contributed by atoms with Crippen molar-refractivity contribution in [2.75, 3.05) is 6.54 Å². The lowest BCUT2D eigenvalue weighted by Gasteiger charge is -2.12. The molecule has 0 aliphatic rings. The Labute approximate surface area is 102 Å². The monoisotopic (exact) mass is 236 g/mol. The van der Waals surface area contributed by atoms with Crippen LogP contribution in [-0.4, -0.2) is 23.7 Å². The molecule has 1 unspecified atom stereocenters. The van der Waals surface area contributed by atoms with Crippen molar-refractivity contribution in [3.05, 3.63) is 35.9 Å². The Kier molecular flexibility index (Phi) is 5.66. The number of aliphatic hydroxyl groups is 1. The van der Waals surface area contributed by atoms with E-state index in [0.29, 0.717) is 13.0 Å². The summed E-state index contributed by atoms with van der Waals surface area (Å²) >= 11 is 0. The van der Waals surface area contributed by atoms with Gasteiger partial charge in [0.25, 0.3) is 0 Å². The Morgan fingerprint density at radius 2 is 2.06 bits per heavy atom. The van der Waals surface area contributed by atoms with Crippen molar-refractivity contribution < 1.29 is 9.90 Å². The number of hydrogen-bond donors (Lipinski definition) is 3. The standard InChI is InChI=1S/C13H20N2O2/c1-10(16)6-5-9-15-13(17)12(14)11-7-3-2-4-8-11/h2-4,7-8,10,12,16H,5-6,9,14H2,1H3,(H,15,17)/t10?,12-/m1/s1. The molecule has 4 nitrogen and oxygen atoms in total. The van der Waals surface area contributed by atoms with Gasteiger partial charge in [0, 0.05) is 6.54 Å². The van der Waals surface area contributed by atoms with Crippen molar-refractivity contribution in [1.82, 2.24) is 5.32 Å². The molecule has 0 saturated heterocycles. The second-order valence-electron chi connectivity index (χ2n) is 4.17. The van der Waals surface area contributed by atoms with Crippen LogP contribution in [0.4, 0.5) is 0 Å². The van der Waals surface area contributed by atoms with Gasteiger partial charge in [-0.3, -0.25) is 4.79 Å². The van der Waals surface area contributed by atoms with Gasteiger partial charge >= 0.3 is 0 Å². The van der Waals surface area contributed by atoms with Crippen LogP contribution < -0.4 is 11.1 Å². The van der Waals surface area contributed by atoms with Gasteiger partial charge in [-0.1, -0.05) is 30.3 Å². The van der Waals surface area contributed by atoms with Crippen molar-refractivity contribution in [1.29, 1.82) is 0 Å². The molecular weight excluding hydrogens is 216 g/mol. The van der Waals surface area contributed by atoms with E-state index < -0.39 is 6.04 Å². The number of carbonyl (C=O) groups excluding carboxylic acids is 1. The second kappa shape index (κ2) is 7.04. The molecule has 0 heterocycles. The molecule has 0 saturated carbocycles. The number of amides is 1. The maximum Gasteiger partial charge on any atom is 0.241 e. The Morgan fingerprint density at radius 3 is 2.65 bits per heavy atom. The molecule has 1 amide bonds. The highest BCUT2D eigenvalue weighted by atomic mass is 16.3. The van der Waals surface area contributed by atoms with E-state index >= 15 is 0 Å². The maximum atomic E-state index is 11.7. The maximum absolute atomic E-state index is 11.7. The summed E-state index contributed by atoms with van der Waals surface area (Å²) in [6.45, 7) is 2.28. The third kappa shape index (κ3) is 4.97. The van der Waals surface area contributed by atoms with Gasteiger partial charge in [0.15, 0.2) is 0 Å².